The molecule has 122 valence electrons. The number of ether oxygens (including phenoxy) is 1. The molecule has 1 aromatic heterocycles. The highest BCUT2D eigenvalue weighted by Gasteiger charge is 2.28. The number of piperidine rings is 1. The predicted octanol–water partition coefficient (Wildman–Crippen LogP) is 4.35. The fourth-order valence-electron chi connectivity index (χ4n) is 3.17. The Morgan fingerprint density at radius 3 is 2.57 bits per heavy atom. The maximum Gasteiger partial charge on any atom is 0.410 e. The Morgan fingerprint density at radius 2 is 1.87 bits per heavy atom. The third-order valence-electron chi connectivity index (χ3n) is 4.27. The average Bonchev–Trinajstić information content (AvgIpc) is 2.53. The molecule has 0 unspecified atom stereocenters. The van der Waals surface area contributed by atoms with Crippen molar-refractivity contribution in [2.45, 2.75) is 45.1 Å². The van der Waals surface area contributed by atoms with Crippen LogP contribution < -0.4 is 0 Å². The van der Waals surface area contributed by atoms with E-state index in [1.165, 1.54) is 10.9 Å². The van der Waals surface area contributed by atoms with Crippen molar-refractivity contribution in [2.75, 3.05) is 13.1 Å². The van der Waals surface area contributed by atoms with Crippen LogP contribution in [-0.4, -0.2) is 34.7 Å². The van der Waals surface area contributed by atoms with E-state index in [1.54, 1.807) is 0 Å². The Labute approximate surface area is 137 Å². The third kappa shape index (κ3) is 3.63. The molecule has 1 aliphatic rings. The van der Waals surface area contributed by atoms with Crippen LogP contribution in [0.5, 0.6) is 0 Å². The van der Waals surface area contributed by atoms with E-state index in [2.05, 4.69) is 29.2 Å². The molecule has 1 amide bonds. The zero-order valence-electron chi connectivity index (χ0n) is 14.1. The highest BCUT2D eigenvalue weighted by Crippen LogP contribution is 2.32. The van der Waals surface area contributed by atoms with Crippen LogP contribution in [-0.2, 0) is 4.74 Å². The first-order valence-corrected chi connectivity index (χ1v) is 8.25. The van der Waals surface area contributed by atoms with Crippen LogP contribution in [0.3, 0.4) is 0 Å². The number of rotatable bonds is 1. The standard InChI is InChI=1S/C19H24N2O2/c1-19(2,3)23-18(22)21-12-9-14(10-13-21)15-8-11-20-17-7-5-4-6-16(15)17/h4-8,11,14H,9-10,12-13H2,1-3H3. The molecule has 1 saturated heterocycles. The second-order valence-electron chi connectivity index (χ2n) is 7.16. The van der Waals surface area contributed by atoms with Gasteiger partial charge in [0.05, 0.1) is 5.52 Å². The van der Waals surface area contributed by atoms with Gasteiger partial charge in [0.15, 0.2) is 0 Å². The van der Waals surface area contributed by atoms with Crippen LogP contribution in [0, 0.1) is 0 Å². The van der Waals surface area contributed by atoms with Crippen molar-refractivity contribution in [3.8, 4) is 0 Å². The summed E-state index contributed by atoms with van der Waals surface area (Å²) < 4.78 is 5.47. The summed E-state index contributed by atoms with van der Waals surface area (Å²) >= 11 is 0. The van der Waals surface area contributed by atoms with Gasteiger partial charge < -0.3 is 9.64 Å². The van der Waals surface area contributed by atoms with Crippen LogP contribution in [0.15, 0.2) is 36.5 Å². The smallest absolute Gasteiger partial charge is 0.410 e. The van der Waals surface area contributed by atoms with Crippen LogP contribution >= 0.6 is 0 Å². The number of carbonyl (C=O) groups excluding carboxylic acids is 1. The zero-order chi connectivity index (χ0) is 16.4. The molecule has 1 aliphatic heterocycles. The number of aromatic nitrogens is 1. The van der Waals surface area contributed by atoms with Crippen LogP contribution in [0.25, 0.3) is 10.9 Å². The molecule has 2 heterocycles. The van der Waals surface area contributed by atoms with Crippen LogP contribution in [0.1, 0.15) is 45.1 Å². The van der Waals surface area contributed by atoms with E-state index in [0.717, 1.165) is 31.4 Å². The van der Waals surface area contributed by atoms with Gasteiger partial charge in [0, 0.05) is 24.7 Å². The van der Waals surface area contributed by atoms with E-state index in [-0.39, 0.29) is 6.09 Å². The number of likely N-dealkylation sites (tertiary alicyclic amines) is 1. The Bertz CT molecular complexity index is 693. The molecule has 0 saturated carbocycles. The van der Waals surface area contributed by atoms with Gasteiger partial charge >= 0.3 is 6.09 Å². The lowest BCUT2D eigenvalue weighted by Gasteiger charge is -2.33. The lowest BCUT2D eigenvalue weighted by molar-refractivity contribution is 0.0205. The summed E-state index contributed by atoms with van der Waals surface area (Å²) in [7, 11) is 0. The molecule has 4 heteroatoms. The van der Waals surface area contributed by atoms with Crippen molar-refractivity contribution < 1.29 is 9.53 Å². The number of hydrogen-bond acceptors (Lipinski definition) is 3. The minimum Gasteiger partial charge on any atom is -0.444 e. The largest absolute Gasteiger partial charge is 0.444 e. The van der Waals surface area contributed by atoms with Crippen molar-refractivity contribution >= 4 is 17.0 Å². The summed E-state index contributed by atoms with van der Waals surface area (Å²) in [5.74, 6) is 0.474. The summed E-state index contributed by atoms with van der Waals surface area (Å²) in [5, 5.41) is 1.23. The maximum atomic E-state index is 12.2. The highest BCUT2D eigenvalue weighted by molar-refractivity contribution is 5.82. The van der Waals surface area contributed by atoms with Crippen molar-refractivity contribution in [1.29, 1.82) is 0 Å². The molecule has 23 heavy (non-hydrogen) atoms. The monoisotopic (exact) mass is 312 g/mol. The Kier molecular flexibility index (Phi) is 4.24. The number of nitrogens with zero attached hydrogens (tertiary/aromatic N) is 2. The average molecular weight is 312 g/mol. The van der Waals surface area contributed by atoms with Gasteiger partial charge in [-0.25, -0.2) is 4.79 Å². The number of fused-ring (bicyclic) bond motifs is 1. The van der Waals surface area contributed by atoms with Gasteiger partial charge in [-0.1, -0.05) is 18.2 Å². The quantitative estimate of drug-likeness (QED) is 0.786. The van der Waals surface area contributed by atoms with Crippen molar-refractivity contribution in [3.05, 3.63) is 42.1 Å². The minimum absolute atomic E-state index is 0.199. The zero-order valence-corrected chi connectivity index (χ0v) is 14.1. The van der Waals surface area contributed by atoms with E-state index in [1.807, 2.05) is 37.9 Å². The molecule has 2 aromatic rings. The highest BCUT2D eigenvalue weighted by atomic mass is 16.6. The molecule has 3 rings (SSSR count). The van der Waals surface area contributed by atoms with Gasteiger partial charge in [0.25, 0.3) is 0 Å². The molecule has 1 aromatic carbocycles. The Balaban J connectivity index is 1.70. The molecular formula is C19H24N2O2. The van der Waals surface area contributed by atoms with E-state index in [0.29, 0.717) is 5.92 Å². The molecular weight excluding hydrogens is 288 g/mol. The SMILES string of the molecule is CC(C)(C)OC(=O)N1CCC(c2ccnc3ccccc23)CC1. The summed E-state index contributed by atoms with van der Waals surface area (Å²) in [6.45, 7) is 7.20. The van der Waals surface area contributed by atoms with Crippen molar-refractivity contribution in [3.63, 3.8) is 0 Å². The molecule has 0 radical (unpaired) electrons. The lowest BCUT2D eigenvalue weighted by atomic mass is 9.87. The van der Waals surface area contributed by atoms with Gasteiger partial charge in [-0.2, -0.15) is 0 Å². The number of benzene rings is 1. The second-order valence-corrected chi connectivity index (χ2v) is 7.16. The first-order valence-electron chi connectivity index (χ1n) is 8.25. The first kappa shape index (κ1) is 15.8. The molecule has 0 bridgehead atoms. The normalized spacial score (nSPS) is 16.6. The number of carbonyl (C=O) groups is 1. The van der Waals surface area contributed by atoms with Gasteiger partial charge in [0.1, 0.15) is 5.60 Å². The molecule has 0 aliphatic carbocycles. The molecule has 4 nitrogen and oxygen atoms in total. The fraction of sp³-hybridized carbons (Fsp3) is 0.474. The Morgan fingerprint density at radius 1 is 1.17 bits per heavy atom. The molecule has 0 atom stereocenters. The second kappa shape index (κ2) is 6.19. The van der Waals surface area contributed by atoms with Crippen LogP contribution in [0.2, 0.25) is 0 Å². The maximum absolute atomic E-state index is 12.2. The van der Waals surface area contributed by atoms with E-state index >= 15 is 0 Å². The molecule has 1 fully saturated rings. The summed E-state index contributed by atoms with van der Waals surface area (Å²) in [4.78, 5) is 18.4. The van der Waals surface area contributed by atoms with E-state index in [4.69, 9.17) is 4.74 Å². The topological polar surface area (TPSA) is 42.4 Å². The Hall–Kier alpha value is -2.10. The van der Waals surface area contributed by atoms with Gasteiger partial charge in [-0.15, -0.1) is 0 Å². The molecule has 0 N–H and O–H groups in total. The van der Waals surface area contributed by atoms with Gasteiger partial charge in [0.2, 0.25) is 0 Å². The van der Waals surface area contributed by atoms with Crippen molar-refractivity contribution in [2.24, 2.45) is 0 Å². The number of pyridine rings is 1. The first-order chi connectivity index (χ1) is 10.9. The lowest BCUT2D eigenvalue weighted by Crippen LogP contribution is -2.41. The fourth-order valence-corrected chi connectivity index (χ4v) is 3.17. The number of hydrogen-bond donors (Lipinski definition) is 0. The van der Waals surface area contributed by atoms with E-state index < -0.39 is 5.60 Å². The van der Waals surface area contributed by atoms with Crippen molar-refractivity contribution in [1.82, 2.24) is 9.88 Å². The predicted molar refractivity (Wildman–Crippen MR) is 91.5 cm³/mol. The van der Waals surface area contributed by atoms with E-state index in [9.17, 15) is 4.79 Å². The summed E-state index contributed by atoms with van der Waals surface area (Å²) in [6, 6.07) is 10.4. The minimum atomic E-state index is -0.435. The number of amides is 1. The number of para-hydroxylation sites is 1. The van der Waals surface area contributed by atoms with Crippen LogP contribution in [0.4, 0.5) is 4.79 Å². The van der Waals surface area contributed by atoms with Gasteiger partial charge in [-0.05, 0) is 57.2 Å². The summed E-state index contributed by atoms with van der Waals surface area (Å²) in [6.07, 6.45) is 3.62. The van der Waals surface area contributed by atoms with Gasteiger partial charge in [-0.3, -0.25) is 4.98 Å². The summed E-state index contributed by atoms with van der Waals surface area (Å²) in [5.41, 5.74) is 1.95. The third-order valence-corrected chi connectivity index (χ3v) is 4.27. The molecule has 0 spiro atoms.